The number of hydrogen-bond acceptors (Lipinski definition) is 12. The molecule has 1 heterocycles. The summed E-state index contributed by atoms with van der Waals surface area (Å²) in [5.74, 6) is -5.07. The molecule has 58 heavy (non-hydrogen) atoms. The topological polar surface area (TPSA) is 209 Å². The summed E-state index contributed by atoms with van der Waals surface area (Å²) in [4.78, 5) is 56.0. The van der Waals surface area contributed by atoms with Gasteiger partial charge in [-0.3, -0.25) is 9.59 Å². The van der Waals surface area contributed by atoms with Crippen LogP contribution in [-0.2, 0) is 23.8 Å². The molecule has 3 aromatic rings. The Kier molecular flexibility index (Phi) is 14.5. The van der Waals surface area contributed by atoms with Crippen LogP contribution in [-0.4, -0.2) is 104 Å². The normalized spacial score (nSPS) is 33.1. The molecule has 3 fully saturated rings. The summed E-state index contributed by atoms with van der Waals surface area (Å²) in [5, 5.41) is 63.6. The van der Waals surface area contributed by atoms with Gasteiger partial charge in [-0.15, -0.1) is 0 Å². The summed E-state index contributed by atoms with van der Waals surface area (Å²) >= 11 is 0. The van der Waals surface area contributed by atoms with Gasteiger partial charge in [0.2, 0.25) is 0 Å². The predicted molar refractivity (Wildman–Crippen MR) is 199 cm³/mol. The number of aliphatic hydroxyl groups is 5. The van der Waals surface area contributed by atoms with Gasteiger partial charge in [-0.05, 0) is 54.8 Å². The van der Waals surface area contributed by atoms with Crippen molar-refractivity contribution in [2.24, 2.45) is 16.7 Å². The van der Waals surface area contributed by atoms with Crippen molar-refractivity contribution >= 4 is 23.6 Å². The second kappa shape index (κ2) is 17.8. The van der Waals surface area contributed by atoms with Crippen molar-refractivity contribution in [2.75, 3.05) is 6.61 Å². The van der Waals surface area contributed by atoms with Crippen LogP contribution in [0.25, 0.3) is 0 Å². The van der Waals surface area contributed by atoms with Crippen molar-refractivity contribution in [1.29, 1.82) is 0 Å². The largest absolute Gasteiger partial charge is 0.456 e. The van der Waals surface area contributed by atoms with E-state index in [9.17, 15) is 44.7 Å². The zero-order valence-corrected chi connectivity index (χ0v) is 42.1. The summed E-state index contributed by atoms with van der Waals surface area (Å²) in [6.07, 6.45) is -10.3. The Morgan fingerprint density at radius 2 is 1.40 bits per heavy atom. The maximum absolute atomic E-state index is 14.7. The van der Waals surface area contributed by atoms with Crippen molar-refractivity contribution in [3.63, 3.8) is 0 Å². The molecule has 8 unspecified atom stereocenters. The quantitative estimate of drug-likeness (QED) is 0.142. The Hall–Kier alpha value is -1.88. The van der Waals surface area contributed by atoms with Crippen LogP contribution in [0.5, 0.6) is 0 Å². The number of carbonyl (C=O) groups excluding carboxylic acids is 4. The van der Waals surface area contributed by atoms with E-state index in [1.807, 2.05) is 0 Å². The minimum atomic E-state index is -2.30. The summed E-state index contributed by atoms with van der Waals surface area (Å²) < 4.78 is 17.9. The van der Waals surface area contributed by atoms with Gasteiger partial charge in [0.15, 0.2) is 11.9 Å². The molecule has 1 aliphatic heterocycles. The maximum atomic E-state index is 14.7. The minimum Gasteiger partial charge on any atom is -0.456 e. The van der Waals surface area contributed by atoms with E-state index in [0.717, 1.165) is 0 Å². The summed E-state index contributed by atoms with van der Waals surface area (Å²) in [6.45, 7) is 5.72. The number of ketones is 1. The Morgan fingerprint density at radius 3 is 1.95 bits per heavy atom. The first-order chi connectivity index (χ1) is 26.5. The van der Waals surface area contributed by atoms with Crippen molar-refractivity contribution in [2.45, 2.75) is 94.4 Å². The molecule has 15 heteroatoms. The van der Waals surface area contributed by atoms with Gasteiger partial charge in [-0.2, -0.15) is 0 Å². The average molecular weight is 1220 g/mol. The molecule has 1 saturated heterocycles. The van der Waals surface area contributed by atoms with Crippen LogP contribution < -0.4 is 5.32 Å². The summed E-state index contributed by atoms with van der Waals surface area (Å²) in [6, 6.07) is 23.2. The maximum Gasteiger partial charge on any atom is 0.338 e. The van der Waals surface area contributed by atoms with Gasteiger partial charge in [-0.1, -0.05) is 80.6 Å². The average Bonchev–Trinajstić information content (AvgIpc) is 3.19. The number of benzene rings is 3. The van der Waals surface area contributed by atoms with E-state index in [2.05, 4.69) is 5.32 Å². The molecule has 2 saturated carbocycles. The summed E-state index contributed by atoms with van der Waals surface area (Å²) in [5.41, 5.74) is -6.83. The van der Waals surface area contributed by atoms with Gasteiger partial charge in [-0.25, -0.2) is 9.59 Å². The zero-order valence-electron chi connectivity index (χ0n) is 32.6. The van der Waals surface area contributed by atoms with E-state index < -0.39 is 101 Å². The van der Waals surface area contributed by atoms with Gasteiger partial charge in [0.25, 0.3) is 5.91 Å². The van der Waals surface area contributed by atoms with Crippen molar-refractivity contribution in [3.8, 4) is 0 Å². The minimum absolute atomic E-state index is 0. The molecule has 13 nitrogen and oxygen atoms in total. The van der Waals surface area contributed by atoms with Crippen LogP contribution in [0.4, 0.5) is 0 Å². The number of carbonyl (C=O) groups is 4. The van der Waals surface area contributed by atoms with E-state index in [0.29, 0.717) is 5.56 Å². The Morgan fingerprint density at radius 1 is 0.845 bits per heavy atom. The fourth-order valence-corrected chi connectivity index (χ4v) is 9.54. The molecule has 7 rings (SSSR count). The van der Waals surface area contributed by atoms with E-state index in [1.165, 1.54) is 26.0 Å². The van der Waals surface area contributed by atoms with Gasteiger partial charge in [0, 0.05) is 118 Å². The SMILES string of the molecule is CC1=C2C(O)C(=O)[C@]3(C)C(O)CC4OCC4(O)C3[C@H](OC(=O)c3ccccc3)C(O)(CC1OC(=O)C(O)[C@@H](NC(=O)c1ccccc1)c1ccccc1)C2(C)C.[Ac].[Ac]. The predicted octanol–water partition coefficient (Wildman–Crippen LogP) is 2.59. The van der Waals surface area contributed by atoms with Gasteiger partial charge >= 0.3 is 11.9 Å². The van der Waals surface area contributed by atoms with E-state index in [4.69, 9.17) is 14.2 Å². The number of esters is 2. The van der Waals surface area contributed by atoms with Gasteiger partial charge in [0.1, 0.15) is 29.5 Å². The first-order valence-corrected chi connectivity index (χ1v) is 18.7. The Bertz CT molecular complexity index is 2050. The Labute approximate surface area is 408 Å². The number of Topliss-reactive ketones (excluding diaryl/α,β-unsaturated/α-hetero) is 1. The van der Waals surface area contributed by atoms with Crippen molar-refractivity contribution in [1.82, 2.24) is 5.32 Å². The first kappa shape index (κ1) is 47.2. The molecule has 3 aromatic carbocycles. The number of amides is 1. The molecule has 3 aliphatic carbocycles. The molecule has 1 amide bonds. The molecule has 302 valence electrons. The first-order valence-electron chi connectivity index (χ1n) is 18.7. The van der Waals surface area contributed by atoms with Crippen molar-refractivity contribution in [3.05, 3.63) is 119 Å². The molecule has 2 bridgehead atoms. The third-order valence-corrected chi connectivity index (χ3v) is 12.9. The third kappa shape index (κ3) is 7.78. The van der Waals surface area contributed by atoms with E-state index in [-0.39, 0.29) is 123 Å². The van der Waals surface area contributed by atoms with Crippen LogP contribution in [0.2, 0.25) is 0 Å². The number of rotatable bonds is 8. The van der Waals surface area contributed by atoms with E-state index in [1.54, 1.807) is 92.7 Å². The van der Waals surface area contributed by atoms with Crippen LogP contribution >= 0.6 is 0 Å². The Balaban J connectivity index is 0.00000320. The number of ether oxygens (including phenoxy) is 3. The second-order valence-corrected chi connectivity index (χ2v) is 16.2. The van der Waals surface area contributed by atoms with Crippen LogP contribution in [0.1, 0.15) is 72.9 Å². The molecule has 6 N–H and O–H groups in total. The molecule has 0 spiro atoms. The van der Waals surface area contributed by atoms with Gasteiger partial charge < -0.3 is 45.1 Å². The number of fused-ring (bicyclic) bond motifs is 5. The van der Waals surface area contributed by atoms with E-state index >= 15 is 0 Å². The fraction of sp³-hybridized carbons (Fsp3) is 0.442. The molecule has 4 aliphatic rings. The number of nitrogens with one attached hydrogen (secondary N) is 1. The van der Waals surface area contributed by atoms with Crippen LogP contribution in [0.3, 0.4) is 0 Å². The molecular weight excluding hydrogens is 1180 g/mol. The van der Waals surface area contributed by atoms with Crippen LogP contribution in [0, 0.1) is 105 Å². The standard InChI is InChI=1S/C43H47NO12.2Ac/c1-23-27(55-39(51)33(47)31(24-14-8-5-9-15-24)44-37(49)25-16-10-6-11-17-25)21-43(53)36(56-38(50)26-18-12-7-13-19-26)34-41(4,28(45)20-29-42(34,52)22-54-29)35(48)32(46)30(23)40(43,2)3;;/h5-19,27-29,31-34,36,45-47,52-53H,20-22H2,1-4H3,(H,44,49);;/t27?,28?,29?,31-,32?,33?,34?,36-,41+,42?,43?;;/m0../s1. The van der Waals surface area contributed by atoms with Crippen LogP contribution in [0.15, 0.2) is 102 Å². The molecule has 0 aromatic heterocycles. The van der Waals surface area contributed by atoms with Gasteiger partial charge in [0.05, 0.1) is 35.8 Å². The molecular formula is C43H47Ac2NO12. The molecule has 2 radical (unpaired) electrons. The summed E-state index contributed by atoms with van der Waals surface area (Å²) in [7, 11) is 0. The number of hydrogen-bond donors (Lipinski definition) is 6. The van der Waals surface area contributed by atoms with Crippen molar-refractivity contribution < 1.29 is 147 Å². The smallest absolute Gasteiger partial charge is 0.338 e. The second-order valence-electron chi connectivity index (χ2n) is 16.2. The third-order valence-electron chi connectivity index (χ3n) is 12.9. The monoisotopic (exact) mass is 1220 g/mol. The number of aliphatic hydroxyl groups excluding tert-OH is 3. The molecule has 11 atom stereocenters. The zero-order chi connectivity index (χ0) is 40.4. The fourth-order valence-electron chi connectivity index (χ4n) is 9.54.